The number of halogens is 2. The quantitative estimate of drug-likeness (QED) is 0.251. The number of ether oxygens (including phenoxy) is 1. The van der Waals surface area contributed by atoms with Gasteiger partial charge in [-0.15, -0.1) is 0 Å². The third-order valence-corrected chi connectivity index (χ3v) is 7.27. The van der Waals surface area contributed by atoms with Gasteiger partial charge in [0.1, 0.15) is 0 Å². The SMILES string of the molecule is CCCCCc1ccc([C@H]2CC[C@H](OCCC[SiH](Cl)Cl)CC2)cc1. The number of benzene rings is 1. The summed E-state index contributed by atoms with van der Waals surface area (Å²) in [5, 5.41) is 0. The molecule has 0 atom stereocenters. The minimum atomic E-state index is -1.45. The first-order chi connectivity index (χ1) is 11.7. The van der Waals surface area contributed by atoms with Gasteiger partial charge in [0.25, 0.3) is 0 Å². The molecule has 136 valence electrons. The van der Waals surface area contributed by atoms with E-state index < -0.39 is 7.42 Å². The van der Waals surface area contributed by atoms with E-state index in [9.17, 15) is 0 Å². The lowest BCUT2D eigenvalue weighted by Crippen LogP contribution is -2.21. The van der Waals surface area contributed by atoms with Crippen LogP contribution in [0.3, 0.4) is 0 Å². The Morgan fingerprint density at radius 2 is 1.71 bits per heavy atom. The Hall–Kier alpha value is -0.0231. The number of unbranched alkanes of at least 4 members (excludes halogenated alkanes) is 2. The van der Waals surface area contributed by atoms with Crippen LogP contribution in [0.4, 0.5) is 0 Å². The van der Waals surface area contributed by atoms with Crippen LogP contribution < -0.4 is 0 Å². The first-order valence-electron chi connectivity index (χ1n) is 9.67. The third-order valence-electron chi connectivity index (χ3n) is 5.11. The topological polar surface area (TPSA) is 9.23 Å². The first kappa shape index (κ1) is 20.3. The molecule has 0 aliphatic heterocycles. The summed E-state index contributed by atoms with van der Waals surface area (Å²) in [6.07, 6.45) is 11.5. The molecule has 0 N–H and O–H groups in total. The van der Waals surface area contributed by atoms with Crippen LogP contribution in [0.15, 0.2) is 24.3 Å². The minimum absolute atomic E-state index is 0.445. The van der Waals surface area contributed by atoms with Crippen LogP contribution >= 0.6 is 22.2 Å². The van der Waals surface area contributed by atoms with Gasteiger partial charge in [-0.25, -0.2) is 0 Å². The molecular formula is C20H32Cl2OSi. The Kier molecular flexibility index (Phi) is 9.78. The van der Waals surface area contributed by atoms with E-state index in [0.717, 1.165) is 25.0 Å². The van der Waals surface area contributed by atoms with Gasteiger partial charge in [-0.05, 0) is 68.0 Å². The minimum Gasteiger partial charge on any atom is -0.378 e. The Balaban J connectivity index is 1.68. The fourth-order valence-corrected chi connectivity index (χ4v) is 4.99. The normalized spacial score (nSPS) is 21.3. The zero-order chi connectivity index (χ0) is 17.2. The summed E-state index contributed by atoms with van der Waals surface area (Å²) in [6, 6.07) is 10.4. The Morgan fingerprint density at radius 3 is 2.33 bits per heavy atom. The average molecular weight is 387 g/mol. The van der Waals surface area contributed by atoms with Crippen molar-refractivity contribution in [3.8, 4) is 0 Å². The highest BCUT2D eigenvalue weighted by Gasteiger charge is 2.22. The first-order valence-corrected chi connectivity index (χ1v) is 14.0. The van der Waals surface area contributed by atoms with Crippen LogP contribution in [-0.4, -0.2) is 20.1 Å². The summed E-state index contributed by atoms with van der Waals surface area (Å²) >= 11 is 11.8. The predicted octanol–water partition coefficient (Wildman–Crippen LogP) is 6.55. The van der Waals surface area contributed by atoms with Crippen molar-refractivity contribution in [2.24, 2.45) is 0 Å². The van der Waals surface area contributed by atoms with Crippen LogP contribution in [0.25, 0.3) is 0 Å². The van der Waals surface area contributed by atoms with Gasteiger partial charge < -0.3 is 4.74 Å². The zero-order valence-electron chi connectivity index (χ0n) is 15.0. The molecule has 0 heterocycles. The fraction of sp³-hybridized carbons (Fsp3) is 0.700. The second kappa shape index (κ2) is 11.6. The van der Waals surface area contributed by atoms with Crippen molar-refractivity contribution >= 4 is 29.6 Å². The number of rotatable bonds is 10. The Bertz CT molecular complexity index is 441. The van der Waals surface area contributed by atoms with Crippen LogP contribution in [0.2, 0.25) is 6.04 Å². The molecule has 0 saturated heterocycles. The lowest BCUT2D eigenvalue weighted by Gasteiger charge is -2.29. The van der Waals surface area contributed by atoms with E-state index in [2.05, 4.69) is 31.2 Å². The van der Waals surface area contributed by atoms with Gasteiger partial charge in [-0.1, -0.05) is 44.0 Å². The van der Waals surface area contributed by atoms with Gasteiger partial charge >= 0.3 is 0 Å². The molecule has 1 aliphatic carbocycles. The van der Waals surface area contributed by atoms with Gasteiger partial charge in [0.15, 0.2) is 0 Å². The lowest BCUT2D eigenvalue weighted by atomic mass is 9.82. The van der Waals surface area contributed by atoms with E-state index in [4.69, 9.17) is 26.9 Å². The third kappa shape index (κ3) is 7.47. The molecule has 0 amide bonds. The van der Waals surface area contributed by atoms with E-state index in [-0.39, 0.29) is 0 Å². The number of aryl methyl sites for hydroxylation is 1. The molecule has 1 saturated carbocycles. The van der Waals surface area contributed by atoms with Gasteiger partial charge in [-0.3, -0.25) is 0 Å². The summed E-state index contributed by atoms with van der Waals surface area (Å²) in [4.78, 5) is 0. The molecule has 4 heteroatoms. The fourth-order valence-electron chi connectivity index (χ4n) is 3.59. The highest BCUT2D eigenvalue weighted by atomic mass is 35.7. The van der Waals surface area contributed by atoms with Crippen molar-refractivity contribution in [1.29, 1.82) is 0 Å². The molecule has 2 rings (SSSR count). The molecule has 1 fully saturated rings. The molecule has 0 unspecified atom stereocenters. The molecule has 1 nitrogen and oxygen atoms in total. The van der Waals surface area contributed by atoms with E-state index in [1.807, 2.05) is 0 Å². The van der Waals surface area contributed by atoms with Gasteiger partial charge in [0, 0.05) is 6.61 Å². The van der Waals surface area contributed by atoms with E-state index in [0.29, 0.717) is 6.10 Å². The van der Waals surface area contributed by atoms with E-state index in [1.165, 1.54) is 62.5 Å². The molecule has 0 radical (unpaired) electrons. The largest absolute Gasteiger partial charge is 0.378 e. The second-order valence-corrected chi connectivity index (χ2v) is 12.3. The van der Waals surface area contributed by atoms with Crippen molar-refractivity contribution < 1.29 is 4.74 Å². The summed E-state index contributed by atoms with van der Waals surface area (Å²) in [7, 11) is -1.45. The maximum atomic E-state index is 6.00. The molecule has 0 aromatic heterocycles. The molecule has 0 spiro atoms. The summed E-state index contributed by atoms with van der Waals surface area (Å²) in [5.74, 6) is 0.719. The maximum Gasteiger partial charge on any atom is 0.237 e. The van der Waals surface area contributed by atoms with E-state index >= 15 is 0 Å². The van der Waals surface area contributed by atoms with Crippen molar-refractivity contribution in [2.75, 3.05) is 6.61 Å². The molecular weight excluding hydrogens is 355 g/mol. The van der Waals surface area contributed by atoms with Crippen LogP contribution in [0.5, 0.6) is 0 Å². The molecule has 1 aromatic rings. The molecule has 24 heavy (non-hydrogen) atoms. The summed E-state index contributed by atoms with van der Waals surface area (Å²) in [5.41, 5.74) is 3.01. The number of hydrogen-bond donors (Lipinski definition) is 0. The van der Waals surface area contributed by atoms with Crippen LogP contribution in [0, 0.1) is 0 Å². The van der Waals surface area contributed by atoms with Crippen molar-refractivity contribution in [3.05, 3.63) is 35.4 Å². The maximum absolute atomic E-state index is 6.00. The zero-order valence-corrected chi connectivity index (χ0v) is 17.7. The Morgan fingerprint density at radius 1 is 1.00 bits per heavy atom. The standard InChI is InChI=1S/C20H32Cl2OSi/c1-2-3-4-6-17-7-9-18(10-8-17)19-11-13-20(14-12-19)23-15-5-16-24(21)22/h7-10,19-20,24H,2-6,11-16H2,1H3/t19-,20-. The number of hydrogen-bond acceptors (Lipinski definition) is 1. The second-order valence-electron chi connectivity index (χ2n) is 7.08. The van der Waals surface area contributed by atoms with Crippen molar-refractivity contribution in [3.63, 3.8) is 0 Å². The van der Waals surface area contributed by atoms with Crippen molar-refractivity contribution in [2.45, 2.75) is 82.8 Å². The smallest absolute Gasteiger partial charge is 0.237 e. The van der Waals surface area contributed by atoms with E-state index in [1.54, 1.807) is 0 Å². The van der Waals surface area contributed by atoms with Crippen molar-refractivity contribution in [1.82, 2.24) is 0 Å². The Labute approximate surface area is 159 Å². The van der Waals surface area contributed by atoms with Gasteiger partial charge in [0.2, 0.25) is 7.42 Å². The average Bonchev–Trinajstić information content (AvgIpc) is 2.60. The lowest BCUT2D eigenvalue weighted by molar-refractivity contribution is 0.0251. The molecule has 0 bridgehead atoms. The highest BCUT2D eigenvalue weighted by Crippen LogP contribution is 2.34. The van der Waals surface area contributed by atoms with Gasteiger partial charge in [0.05, 0.1) is 6.10 Å². The monoisotopic (exact) mass is 386 g/mol. The predicted molar refractivity (Wildman–Crippen MR) is 109 cm³/mol. The van der Waals surface area contributed by atoms with Crippen LogP contribution in [0.1, 0.15) is 75.3 Å². The molecule has 1 aromatic carbocycles. The van der Waals surface area contributed by atoms with Gasteiger partial charge in [-0.2, -0.15) is 22.2 Å². The molecule has 1 aliphatic rings. The summed E-state index contributed by atoms with van der Waals surface area (Å²) < 4.78 is 6.00. The highest BCUT2D eigenvalue weighted by molar-refractivity contribution is 7.33. The summed E-state index contributed by atoms with van der Waals surface area (Å²) in [6.45, 7) is 3.09. The van der Waals surface area contributed by atoms with Crippen LogP contribution in [-0.2, 0) is 11.2 Å².